The van der Waals surface area contributed by atoms with Crippen LogP contribution in [0.3, 0.4) is 0 Å². The van der Waals surface area contributed by atoms with Crippen LogP contribution in [-0.2, 0) is 0 Å². The minimum atomic E-state index is -0.120. The van der Waals surface area contributed by atoms with Crippen LogP contribution in [0.15, 0.2) is 0 Å². The van der Waals surface area contributed by atoms with Crippen molar-refractivity contribution < 1.29 is 0 Å². The number of rotatable bonds is 0. The molecule has 0 saturated carbocycles. The summed E-state index contributed by atoms with van der Waals surface area (Å²) in [7, 11) is -0.120. The number of hydrogen-bond acceptors (Lipinski definition) is 1. The minimum Gasteiger partial charge on any atom is -0.310 e. The molecule has 42 valence electrons. The second-order valence-electron chi connectivity index (χ2n) is 0.964. The first kappa shape index (κ1) is 15.8. The smallest absolute Gasteiger partial charge is 0.0317 e. The van der Waals surface area contributed by atoms with Crippen molar-refractivity contribution in [3.05, 3.63) is 0 Å². The normalized spacial score (nSPS) is 6.00. The molecule has 0 aromatic carbocycles. The van der Waals surface area contributed by atoms with Crippen molar-refractivity contribution in [1.29, 1.82) is 0 Å². The van der Waals surface area contributed by atoms with Crippen molar-refractivity contribution >= 4 is 32.9 Å². The molecule has 0 aliphatic rings. The molecule has 1 nitrogen and oxygen atoms in total. The molecule has 0 spiro atoms. The maximum atomic E-state index is 5.18. The van der Waals surface area contributed by atoms with Crippen LogP contribution in [0.4, 0.5) is 0 Å². The molecule has 0 radical (unpaired) electrons. The van der Waals surface area contributed by atoms with Crippen molar-refractivity contribution in [2.24, 2.45) is 5.50 Å². The lowest BCUT2D eigenvalue weighted by atomic mass is 11.9. The van der Waals surface area contributed by atoms with Gasteiger partial charge in [-0.05, 0) is 21.4 Å². The predicted molar refractivity (Wildman–Crippen MR) is 37.5 cm³/mol. The summed E-state index contributed by atoms with van der Waals surface area (Å²) in [5.41, 5.74) is 5.18. The summed E-state index contributed by atoms with van der Waals surface area (Å²) in [5, 5.41) is 0. The third-order valence-corrected chi connectivity index (χ3v) is 0. The Hall–Kier alpha value is 0.970. The summed E-state index contributed by atoms with van der Waals surface area (Å²) in [6.07, 6.45) is 0. The average Bonchev–Trinajstić information content (AvgIpc) is 0.811. The fourth-order valence-electron chi connectivity index (χ4n) is 0. The molecule has 0 aromatic heterocycles. The van der Waals surface area contributed by atoms with E-state index in [0.717, 1.165) is 0 Å². The molecule has 0 fully saturated rings. The van der Waals surface area contributed by atoms with Crippen molar-refractivity contribution in [2.75, 3.05) is 13.3 Å². The van der Waals surface area contributed by atoms with E-state index in [1.54, 1.807) is 0 Å². The lowest BCUT2D eigenvalue weighted by molar-refractivity contribution is 1.89. The van der Waals surface area contributed by atoms with Crippen LogP contribution in [0.2, 0.25) is 0 Å². The molecule has 0 unspecified atom stereocenters. The molecule has 0 rings (SSSR count). The second-order valence-corrected chi connectivity index (χ2v) is 2.89. The van der Waals surface area contributed by atoms with Crippen LogP contribution in [0.25, 0.3) is 0 Å². The molecule has 0 aromatic rings. The van der Waals surface area contributed by atoms with Gasteiger partial charge in [-0.25, -0.2) is 0 Å². The molecule has 0 bridgehead atoms. The standard InChI is InChI=1S/C2H8NP.2ClH/c1-4(2)3;;/h3H2,1-2H3;2*1H. The van der Waals surface area contributed by atoms with Gasteiger partial charge in [-0.15, -0.1) is 24.8 Å². The highest BCUT2D eigenvalue weighted by molar-refractivity contribution is 7.53. The van der Waals surface area contributed by atoms with E-state index in [1.165, 1.54) is 0 Å². The van der Waals surface area contributed by atoms with E-state index in [9.17, 15) is 0 Å². The van der Waals surface area contributed by atoms with Crippen molar-refractivity contribution in [1.82, 2.24) is 0 Å². The van der Waals surface area contributed by atoms with Gasteiger partial charge in [-0.2, -0.15) is 0 Å². The van der Waals surface area contributed by atoms with Crippen LogP contribution >= 0.6 is 32.9 Å². The molecule has 0 atom stereocenters. The quantitative estimate of drug-likeness (QED) is 0.519. The summed E-state index contributed by atoms with van der Waals surface area (Å²) in [6.45, 7) is 4.02. The molecule has 4 heteroatoms. The first-order chi connectivity index (χ1) is 1.73. The Morgan fingerprint density at radius 3 is 1.17 bits per heavy atom. The zero-order valence-electron chi connectivity index (χ0n) is 3.84. The monoisotopic (exact) mass is 149 g/mol. The zero-order chi connectivity index (χ0) is 3.58. The van der Waals surface area contributed by atoms with Crippen LogP contribution < -0.4 is 5.50 Å². The van der Waals surface area contributed by atoms with E-state index in [0.29, 0.717) is 0 Å². The molecule has 2 N–H and O–H groups in total. The second kappa shape index (κ2) is 9.36. The largest absolute Gasteiger partial charge is 0.310 e. The topological polar surface area (TPSA) is 26.0 Å². The maximum absolute atomic E-state index is 5.18. The van der Waals surface area contributed by atoms with E-state index in [4.69, 9.17) is 5.50 Å². The van der Waals surface area contributed by atoms with Gasteiger partial charge in [0.05, 0.1) is 0 Å². The Bertz CT molecular complexity index is 16.3. The Labute approximate surface area is 52.3 Å². The molecule has 0 aliphatic heterocycles. The predicted octanol–water partition coefficient (Wildman–Crippen LogP) is 1.45. The minimum absolute atomic E-state index is 0. The van der Waals surface area contributed by atoms with Gasteiger partial charge in [-0.3, -0.25) is 0 Å². The summed E-state index contributed by atoms with van der Waals surface area (Å²) < 4.78 is 0. The lowest BCUT2D eigenvalue weighted by Crippen LogP contribution is -1.76. The number of halogens is 2. The van der Waals surface area contributed by atoms with Gasteiger partial charge >= 0.3 is 0 Å². The molecule has 0 saturated heterocycles. The van der Waals surface area contributed by atoms with E-state index in [1.807, 2.05) is 13.3 Å². The Kier molecular flexibility index (Phi) is 24.6. The van der Waals surface area contributed by atoms with Gasteiger partial charge in [0.2, 0.25) is 0 Å². The summed E-state index contributed by atoms with van der Waals surface area (Å²) in [5.74, 6) is 0. The van der Waals surface area contributed by atoms with E-state index in [-0.39, 0.29) is 32.9 Å². The van der Waals surface area contributed by atoms with Crippen molar-refractivity contribution in [2.45, 2.75) is 0 Å². The van der Waals surface area contributed by atoms with E-state index >= 15 is 0 Å². The Morgan fingerprint density at radius 2 is 1.17 bits per heavy atom. The van der Waals surface area contributed by atoms with E-state index in [2.05, 4.69) is 0 Å². The van der Waals surface area contributed by atoms with Crippen molar-refractivity contribution in [3.8, 4) is 0 Å². The van der Waals surface area contributed by atoms with Crippen LogP contribution in [-0.4, -0.2) is 13.3 Å². The van der Waals surface area contributed by atoms with Gasteiger partial charge in [0.15, 0.2) is 0 Å². The van der Waals surface area contributed by atoms with Gasteiger partial charge < -0.3 is 5.50 Å². The highest BCUT2D eigenvalue weighted by Gasteiger charge is 1.65. The van der Waals surface area contributed by atoms with Gasteiger partial charge in [0.1, 0.15) is 0 Å². The first-order valence-corrected chi connectivity index (χ1v) is 3.46. The molecule has 0 heterocycles. The van der Waals surface area contributed by atoms with Crippen LogP contribution in [0.5, 0.6) is 0 Å². The number of hydrogen-bond donors (Lipinski definition) is 1. The summed E-state index contributed by atoms with van der Waals surface area (Å²) in [4.78, 5) is 0. The summed E-state index contributed by atoms with van der Waals surface area (Å²) >= 11 is 0. The van der Waals surface area contributed by atoms with E-state index < -0.39 is 0 Å². The Balaban J connectivity index is -0.0000000450. The molecule has 0 aliphatic carbocycles. The van der Waals surface area contributed by atoms with Crippen LogP contribution in [0.1, 0.15) is 0 Å². The highest BCUT2D eigenvalue weighted by atomic mass is 35.5. The van der Waals surface area contributed by atoms with Gasteiger partial charge in [0, 0.05) is 0 Å². The molecular formula is C2H10Cl2NP. The lowest BCUT2D eigenvalue weighted by Gasteiger charge is -1.82. The fraction of sp³-hybridized carbons (Fsp3) is 1.00. The van der Waals surface area contributed by atoms with Gasteiger partial charge in [0.25, 0.3) is 0 Å². The molecular weight excluding hydrogens is 140 g/mol. The highest BCUT2D eigenvalue weighted by Crippen LogP contribution is 2.07. The fourth-order valence-corrected chi connectivity index (χ4v) is 0. The summed E-state index contributed by atoms with van der Waals surface area (Å²) in [6, 6.07) is 0. The zero-order valence-corrected chi connectivity index (χ0v) is 6.37. The third kappa shape index (κ3) is 83.3. The SMILES string of the molecule is CP(C)N.Cl.Cl. The molecule has 0 amide bonds. The maximum Gasteiger partial charge on any atom is -0.0317 e. The Morgan fingerprint density at radius 1 is 1.17 bits per heavy atom. The van der Waals surface area contributed by atoms with Crippen LogP contribution in [0, 0.1) is 0 Å². The van der Waals surface area contributed by atoms with Gasteiger partial charge in [-0.1, -0.05) is 0 Å². The number of nitrogens with two attached hydrogens (primary N) is 1. The van der Waals surface area contributed by atoms with Crippen molar-refractivity contribution in [3.63, 3.8) is 0 Å². The first-order valence-electron chi connectivity index (χ1n) is 1.15. The average molecular weight is 150 g/mol. The third-order valence-electron chi connectivity index (χ3n) is 0. The molecule has 6 heavy (non-hydrogen) atoms.